The summed E-state index contributed by atoms with van der Waals surface area (Å²) in [6, 6.07) is 11.2. The molecule has 9 nitrogen and oxygen atoms in total. The Morgan fingerprint density at radius 3 is 2.49 bits per heavy atom. The Kier molecular flexibility index (Phi) is 7.54. The summed E-state index contributed by atoms with van der Waals surface area (Å²) in [5, 5.41) is 8.26. The van der Waals surface area contributed by atoms with E-state index < -0.39 is 11.9 Å². The summed E-state index contributed by atoms with van der Waals surface area (Å²) >= 11 is 0. The summed E-state index contributed by atoms with van der Waals surface area (Å²) in [4.78, 5) is 46.2. The van der Waals surface area contributed by atoms with E-state index in [2.05, 4.69) is 25.9 Å². The molecule has 0 bridgehead atoms. The smallest absolute Gasteiger partial charge is 0.287 e. The molecule has 182 valence electrons. The number of hydrogen-bond acceptors (Lipinski definition) is 6. The van der Waals surface area contributed by atoms with Crippen molar-refractivity contribution in [3.63, 3.8) is 0 Å². The average Bonchev–Trinajstić information content (AvgIpc) is 3.38. The second-order valence-electron chi connectivity index (χ2n) is 8.68. The Morgan fingerprint density at radius 2 is 1.80 bits per heavy atom. The molecule has 0 aliphatic heterocycles. The highest BCUT2D eigenvalue weighted by Crippen LogP contribution is 2.27. The van der Waals surface area contributed by atoms with E-state index in [1.807, 2.05) is 13.0 Å². The topological polar surface area (TPSA) is 126 Å². The molecule has 35 heavy (non-hydrogen) atoms. The fourth-order valence-corrected chi connectivity index (χ4v) is 4.31. The van der Waals surface area contributed by atoms with Crippen molar-refractivity contribution in [3.8, 4) is 11.5 Å². The zero-order valence-corrected chi connectivity index (χ0v) is 19.8. The molecule has 3 aromatic heterocycles. The Bertz CT molecular complexity index is 1200. The van der Waals surface area contributed by atoms with Gasteiger partial charge in [-0.2, -0.15) is 0 Å². The molecule has 0 radical (unpaired) electrons. The first kappa shape index (κ1) is 24.1. The van der Waals surface area contributed by atoms with E-state index in [-0.39, 0.29) is 23.5 Å². The first-order valence-corrected chi connectivity index (χ1v) is 11.8. The number of aryl methyl sites for hydroxylation is 1. The third-order valence-electron chi connectivity index (χ3n) is 6.16. The number of nitrogens with zero attached hydrogens (tertiary/aromatic N) is 2. The van der Waals surface area contributed by atoms with E-state index in [0.717, 1.165) is 37.8 Å². The van der Waals surface area contributed by atoms with Gasteiger partial charge in [0.05, 0.1) is 11.9 Å². The number of carbonyl (C=O) groups is 3. The summed E-state index contributed by atoms with van der Waals surface area (Å²) in [6.45, 7) is 1.82. The van der Waals surface area contributed by atoms with Gasteiger partial charge in [0.15, 0.2) is 11.5 Å². The van der Waals surface area contributed by atoms with Crippen LogP contribution < -0.4 is 16.0 Å². The van der Waals surface area contributed by atoms with Gasteiger partial charge < -0.3 is 20.4 Å². The van der Waals surface area contributed by atoms with Crippen molar-refractivity contribution in [2.75, 3.05) is 12.4 Å². The van der Waals surface area contributed by atoms with Gasteiger partial charge in [-0.15, -0.1) is 0 Å². The molecule has 1 aliphatic rings. The monoisotopic (exact) mass is 475 g/mol. The lowest BCUT2D eigenvalue weighted by molar-refractivity contribution is -0.124. The van der Waals surface area contributed by atoms with Crippen molar-refractivity contribution in [3.05, 3.63) is 65.8 Å². The molecule has 1 aliphatic carbocycles. The standard InChI is InChI=1S/C26H29N5O4/c1-16-7-6-10-20(29-16)24(32)30-18-11-12-19(28-15-18)21-13-14-22(35-21)25(33)31-23(26(34)27-2)17-8-4-3-5-9-17/h6-7,10-15,17,23H,3-5,8-9H2,1-2H3,(H,27,34)(H,30,32)(H,31,33)/t23-/m0/s1. The number of rotatable bonds is 7. The van der Waals surface area contributed by atoms with Crippen LogP contribution in [0.2, 0.25) is 0 Å². The van der Waals surface area contributed by atoms with Gasteiger partial charge >= 0.3 is 0 Å². The fraction of sp³-hybridized carbons (Fsp3) is 0.346. The molecule has 1 saturated carbocycles. The number of nitrogens with one attached hydrogen (secondary N) is 3. The SMILES string of the molecule is CNC(=O)[C@@H](NC(=O)c1ccc(-c2ccc(NC(=O)c3cccc(C)n3)cn2)o1)C1CCCCC1. The summed E-state index contributed by atoms with van der Waals surface area (Å²) in [5.41, 5.74) is 2.08. The van der Waals surface area contributed by atoms with Crippen LogP contribution in [0.15, 0.2) is 53.1 Å². The van der Waals surface area contributed by atoms with E-state index in [1.54, 1.807) is 43.4 Å². The van der Waals surface area contributed by atoms with Crippen LogP contribution in [0.3, 0.4) is 0 Å². The number of hydrogen-bond donors (Lipinski definition) is 3. The Balaban J connectivity index is 1.41. The predicted molar refractivity (Wildman–Crippen MR) is 131 cm³/mol. The minimum absolute atomic E-state index is 0.106. The molecule has 0 saturated heterocycles. The Morgan fingerprint density at radius 1 is 1.00 bits per heavy atom. The molecule has 3 amide bonds. The minimum atomic E-state index is -0.592. The van der Waals surface area contributed by atoms with E-state index >= 15 is 0 Å². The maximum Gasteiger partial charge on any atom is 0.287 e. The van der Waals surface area contributed by atoms with Crippen molar-refractivity contribution >= 4 is 23.4 Å². The lowest BCUT2D eigenvalue weighted by Gasteiger charge is -2.29. The van der Waals surface area contributed by atoms with Gasteiger partial charge in [0.25, 0.3) is 11.8 Å². The largest absolute Gasteiger partial charge is 0.449 e. The highest BCUT2D eigenvalue weighted by atomic mass is 16.4. The van der Waals surface area contributed by atoms with Gasteiger partial charge in [-0.05, 0) is 62.1 Å². The van der Waals surface area contributed by atoms with Crippen LogP contribution in [0.4, 0.5) is 5.69 Å². The number of aromatic nitrogens is 2. The highest BCUT2D eigenvalue weighted by Gasteiger charge is 2.31. The second kappa shape index (κ2) is 10.9. The van der Waals surface area contributed by atoms with Gasteiger partial charge in [0, 0.05) is 12.7 Å². The number of pyridine rings is 2. The molecule has 4 rings (SSSR count). The average molecular weight is 476 g/mol. The van der Waals surface area contributed by atoms with Crippen LogP contribution in [0.5, 0.6) is 0 Å². The Labute approximate surface area is 203 Å². The zero-order chi connectivity index (χ0) is 24.8. The molecule has 3 N–H and O–H groups in total. The van der Waals surface area contributed by atoms with Crippen LogP contribution in [0.1, 0.15) is 58.8 Å². The highest BCUT2D eigenvalue weighted by molar-refractivity contribution is 6.02. The molecule has 1 atom stereocenters. The molecule has 3 heterocycles. The van der Waals surface area contributed by atoms with Crippen molar-refractivity contribution in [2.24, 2.45) is 5.92 Å². The molecular weight excluding hydrogens is 446 g/mol. The summed E-state index contributed by atoms with van der Waals surface area (Å²) in [7, 11) is 1.57. The van der Waals surface area contributed by atoms with Gasteiger partial charge in [-0.3, -0.25) is 19.4 Å². The zero-order valence-electron chi connectivity index (χ0n) is 19.8. The first-order chi connectivity index (χ1) is 16.9. The number of carbonyl (C=O) groups excluding carboxylic acids is 3. The molecule has 0 aromatic carbocycles. The summed E-state index contributed by atoms with van der Waals surface area (Å²) in [5.74, 6) is -0.343. The molecule has 3 aromatic rings. The number of likely N-dealkylation sites (N-methyl/N-ethyl adjacent to an activating group) is 1. The molecule has 1 fully saturated rings. The minimum Gasteiger partial charge on any atom is -0.449 e. The van der Waals surface area contributed by atoms with Gasteiger partial charge in [0.2, 0.25) is 5.91 Å². The maximum atomic E-state index is 12.8. The van der Waals surface area contributed by atoms with Crippen LogP contribution in [0, 0.1) is 12.8 Å². The van der Waals surface area contributed by atoms with Crippen molar-refractivity contribution in [1.29, 1.82) is 0 Å². The number of furan rings is 1. The lowest BCUT2D eigenvalue weighted by Crippen LogP contribution is -2.50. The van der Waals surface area contributed by atoms with Crippen molar-refractivity contribution < 1.29 is 18.8 Å². The summed E-state index contributed by atoms with van der Waals surface area (Å²) in [6.07, 6.45) is 6.61. The van der Waals surface area contributed by atoms with Gasteiger partial charge in [-0.1, -0.05) is 25.3 Å². The maximum absolute atomic E-state index is 12.8. The summed E-state index contributed by atoms with van der Waals surface area (Å²) < 4.78 is 5.73. The molecule has 0 spiro atoms. The molecule has 9 heteroatoms. The van der Waals surface area contributed by atoms with Gasteiger partial charge in [0.1, 0.15) is 17.4 Å². The lowest BCUT2D eigenvalue weighted by atomic mass is 9.83. The van der Waals surface area contributed by atoms with E-state index in [0.29, 0.717) is 22.8 Å². The molecule has 0 unspecified atom stereocenters. The fourth-order valence-electron chi connectivity index (χ4n) is 4.31. The van der Waals surface area contributed by atoms with Crippen LogP contribution in [-0.2, 0) is 4.79 Å². The van der Waals surface area contributed by atoms with Crippen LogP contribution >= 0.6 is 0 Å². The van der Waals surface area contributed by atoms with Crippen molar-refractivity contribution in [2.45, 2.75) is 45.1 Å². The van der Waals surface area contributed by atoms with Crippen LogP contribution in [-0.4, -0.2) is 40.8 Å². The Hall–Kier alpha value is -4.01. The first-order valence-electron chi connectivity index (χ1n) is 11.8. The predicted octanol–water partition coefficient (Wildman–Crippen LogP) is 3.72. The quantitative estimate of drug-likeness (QED) is 0.478. The molecular formula is C26H29N5O4. The van der Waals surface area contributed by atoms with E-state index in [1.165, 1.54) is 6.20 Å². The van der Waals surface area contributed by atoms with Gasteiger partial charge in [-0.25, -0.2) is 4.98 Å². The second-order valence-corrected chi connectivity index (χ2v) is 8.68. The third-order valence-corrected chi connectivity index (χ3v) is 6.16. The van der Waals surface area contributed by atoms with Crippen LogP contribution in [0.25, 0.3) is 11.5 Å². The van der Waals surface area contributed by atoms with E-state index in [4.69, 9.17) is 4.42 Å². The van der Waals surface area contributed by atoms with E-state index in [9.17, 15) is 14.4 Å². The normalized spacial score (nSPS) is 14.7. The van der Waals surface area contributed by atoms with Crippen molar-refractivity contribution in [1.82, 2.24) is 20.6 Å². The third kappa shape index (κ3) is 5.92. The number of anilines is 1. The number of amides is 3.